The Kier molecular flexibility index (Phi) is 4.97. The molecule has 0 bridgehead atoms. The van der Waals surface area contributed by atoms with E-state index in [1.54, 1.807) is 19.9 Å². The molecular formula is C15H15F4N3O2S2. The fourth-order valence-corrected chi connectivity index (χ4v) is 5.85. The summed E-state index contributed by atoms with van der Waals surface area (Å²) in [5.74, 6) is -6.66. The van der Waals surface area contributed by atoms with Crippen molar-refractivity contribution in [3.63, 3.8) is 0 Å². The molecule has 1 aliphatic rings. The molecule has 0 unspecified atom stereocenters. The van der Waals surface area contributed by atoms with E-state index in [2.05, 4.69) is 4.98 Å². The maximum atomic E-state index is 13.9. The summed E-state index contributed by atoms with van der Waals surface area (Å²) in [5.41, 5.74) is -0.866. The summed E-state index contributed by atoms with van der Waals surface area (Å²) in [5, 5.41) is 0. The summed E-state index contributed by atoms with van der Waals surface area (Å²) in [4.78, 5) is 5.31. The fraction of sp³-hybridized carbons (Fsp3) is 0.400. The molecule has 3 rings (SSSR count). The van der Waals surface area contributed by atoms with Crippen LogP contribution in [0, 0.1) is 37.4 Å². The monoisotopic (exact) mass is 409 g/mol. The molecule has 2 aromatic heterocycles. The van der Waals surface area contributed by atoms with Crippen molar-refractivity contribution >= 4 is 27.0 Å². The van der Waals surface area contributed by atoms with Crippen LogP contribution in [-0.2, 0) is 10.0 Å². The number of nitrogens with zero attached hydrogens (tertiary/aromatic N) is 3. The van der Waals surface area contributed by atoms with Gasteiger partial charge >= 0.3 is 0 Å². The zero-order valence-electron chi connectivity index (χ0n) is 13.9. The summed E-state index contributed by atoms with van der Waals surface area (Å²) in [7, 11) is -3.74. The lowest BCUT2D eigenvalue weighted by molar-refractivity contribution is 0.369. The Morgan fingerprint density at radius 3 is 2.00 bits per heavy atom. The Morgan fingerprint density at radius 2 is 1.54 bits per heavy atom. The smallest absolute Gasteiger partial charge is 0.253 e. The molecule has 0 aliphatic carbocycles. The van der Waals surface area contributed by atoms with Gasteiger partial charge in [0.2, 0.25) is 21.7 Å². The van der Waals surface area contributed by atoms with Crippen molar-refractivity contribution in [2.75, 3.05) is 31.1 Å². The number of hydrogen-bond acceptors (Lipinski definition) is 5. The van der Waals surface area contributed by atoms with Gasteiger partial charge in [-0.3, -0.25) is 0 Å². The van der Waals surface area contributed by atoms with Crippen LogP contribution in [0.4, 0.5) is 23.2 Å². The van der Waals surface area contributed by atoms with Crippen LogP contribution < -0.4 is 4.90 Å². The Morgan fingerprint density at radius 1 is 1.00 bits per heavy atom. The topological polar surface area (TPSA) is 53.5 Å². The van der Waals surface area contributed by atoms with E-state index in [-0.39, 0.29) is 31.1 Å². The van der Waals surface area contributed by atoms with Gasteiger partial charge in [0.25, 0.3) is 11.9 Å². The number of piperazine rings is 1. The van der Waals surface area contributed by atoms with Gasteiger partial charge < -0.3 is 4.90 Å². The fourth-order valence-electron chi connectivity index (χ4n) is 2.91. The van der Waals surface area contributed by atoms with Crippen molar-refractivity contribution in [1.29, 1.82) is 0 Å². The number of halogens is 4. The Labute approximate surface area is 151 Å². The van der Waals surface area contributed by atoms with Crippen LogP contribution in [0.15, 0.2) is 11.0 Å². The summed E-state index contributed by atoms with van der Waals surface area (Å²) in [6.07, 6.45) is 0. The minimum absolute atomic E-state index is 0.0683. The van der Waals surface area contributed by atoms with Gasteiger partial charge in [0.05, 0.1) is 4.90 Å². The van der Waals surface area contributed by atoms with E-state index in [1.165, 1.54) is 15.6 Å². The highest BCUT2D eigenvalue weighted by Gasteiger charge is 2.33. The quantitative estimate of drug-likeness (QED) is 0.578. The summed E-state index contributed by atoms with van der Waals surface area (Å²) in [6.45, 7) is 3.14. The molecular weight excluding hydrogens is 394 g/mol. The van der Waals surface area contributed by atoms with Crippen LogP contribution in [0.25, 0.3) is 0 Å². The number of rotatable bonds is 3. The third-order valence-corrected chi connectivity index (χ3v) is 7.26. The highest BCUT2D eigenvalue weighted by Crippen LogP contribution is 2.30. The highest BCUT2D eigenvalue weighted by atomic mass is 32.2. The van der Waals surface area contributed by atoms with Gasteiger partial charge in [-0.25, -0.2) is 8.42 Å². The largest absolute Gasteiger partial charge is 0.364 e. The minimum Gasteiger partial charge on any atom is -0.364 e. The number of hydrogen-bond donors (Lipinski definition) is 0. The summed E-state index contributed by atoms with van der Waals surface area (Å²) in [6, 6.07) is 1.58. The van der Waals surface area contributed by atoms with Gasteiger partial charge in [0.15, 0.2) is 0 Å². The maximum Gasteiger partial charge on any atom is 0.253 e. The molecule has 11 heteroatoms. The highest BCUT2D eigenvalue weighted by molar-refractivity contribution is 7.89. The average Bonchev–Trinajstić information content (AvgIpc) is 2.93. The van der Waals surface area contributed by atoms with Gasteiger partial charge in [0.1, 0.15) is 5.69 Å². The molecule has 0 spiro atoms. The molecule has 26 heavy (non-hydrogen) atoms. The third-order valence-electron chi connectivity index (χ3n) is 4.14. The van der Waals surface area contributed by atoms with Crippen molar-refractivity contribution < 1.29 is 26.0 Å². The van der Waals surface area contributed by atoms with Crippen LogP contribution >= 0.6 is 11.3 Å². The molecule has 0 N–H and O–H groups in total. The van der Waals surface area contributed by atoms with E-state index in [0.717, 1.165) is 9.78 Å². The molecule has 142 valence electrons. The Bertz CT molecular complexity index is 928. The number of anilines is 1. The average molecular weight is 409 g/mol. The van der Waals surface area contributed by atoms with Crippen LogP contribution in [0.2, 0.25) is 0 Å². The van der Waals surface area contributed by atoms with Crippen molar-refractivity contribution in [2.24, 2.45) is 0 Å². The second kappa shape index (κ2) is 6.78. The van der Waals surface area contributed by atoms with Gasteiger partial charge in [-0.1, -0.05) is 0 Å². The van der Waals surface area contributed by atoms with Crippen molar-refractivity contribution in [2.45, 2.75) is 18.7 Å². The SMILES string of the molecule is Cc1cc(S(=O)(=O)N2CCN(c3c(F)c(F)nc(F)c3F)CC2)c(C)s1. The number of pyridine rings is 1. The standard InChI is InChI=1S/C15H15F4N3O2S2/c1-8-7-10(9(2)25-8)26(23,24)22-5-3-21(4-6-22)13-11(16)14(18)20-15(19)12(13)17/h7H,3-6H2,1-2H3. The zero-order chi connectivity index (χ0) is 19.2. The second-order valence-corrected chi connectivity index (χ2v) is 9.21. The Balaban J connectivity index is 1.83. The van der Waals surface area contributed by atoms with Gasteiger partial charge in [-0.15, -0.1) is 11.3 Å². The first-order valence-corrected chi connectivity index (χ1v) is 9.90. The van der Waals surface area contributed by atoms with E-state index < -0.39 is 39.2 Å². The zero-order valence-corrected chi connectivity index (χ0v) is 15.5. The normalized spacial score (nSPS) is 16.3. The lowest BCUT2D eigenvalue weighted by atomic mass is 10.2. The van der Waals surface area contributed by atoms with Gasteiger partial charge in [-0.2, -0.15) is 26.9 Å². The number of sulfonamides is 1. The van der Waals surface area contributed by atoms with Gasteiger partial charge in [0, 0.05) is 35.9 Å². The number of aryl methyl sites for hydroxylation is 2. The lowest BCUT2D eigenvalue weighted by Crippen LogP contribution is -2.49. The van der Waals surface area contributed by atoms with E-state index in [9.17, 15) is 26.0 Å². The van der Waals surface area contributed by atoms with Crippen molar-refractivity contribution in [1.82, 2.24) is 9.29 Å². The third kappa shape index (κ3) is 3.19. The molecule has 0 aromatic carbocycles. The van der Waals surface area contributed by atoms with Crippen LogP contribution in [0.5, 0.6) is 0 Å². The molecule has 0 atom stereocenters. The molecule has 1 saturated heterocycles. The molecule has 2 aromatic rings. The van der Waals surface area contributed by atoms with Crippen LogP contribution in [0.3, 0.4) is 0 Å². The molecule has 5 nitrogen and oxygen atoms in total. The minimum atomic E-state index is -3.74. The molecule has 0 amide bonds. The maximum absolute atomic E-state index is 13.9. The molecule has 0 saturated carbocycles. The van der Waals surface area contributed by atoms with Crippen molar-refractivity contribution in [3.8, 4) is 0 Å². The van der Waals surface area contributed by atoms with Crippen LogP contribution in [-0.4, -0.2) is 43.9 Å². The molecule has 0 radical (unpaired) electrons. The second-order valence-electron chi connectivity index (χ2n) is 5.84. The predicted octanol–water partition coefficient (Wildman–Crippen LogP) is 2.83. The first kappa shape index (κ1) is 19.1. The Hall–Kier alpha value is -1.72. The molecule has 1 fully saturated rings. The number of aromatic nitrogens is 1. The number of thiophene rings is 1. The van der Waals surface area contributed by atoms with E-state index in [4.69, 9.17) is 0 Å². The molecule has 3 heterocycles. The van der Waals surface area contributed by atoms with Gasteiger partial charge in [-0.05, 0) is 19.9 Å². The van der Waals surface area contributed by atoms with E-state index in [1.807, 2.05) is 0 Å². The summed E-state index contributed by atoms with van der Waals surface area (Å²) < 4.78 is 81.0. The van der Waals surface area contributed by atoms with E-state index in [0.29, 0.717) is 4.88 Å². The molecule has 1 aliphatic heterocycles. The summed E-state index contributed by atoms with van der Waals surface area (Å²) >= 11 is 1.36. The van der Waals surface area contributed by atoms with E-state index >= 15 is 0 Å². The van der Waals surface area contributed by atoms with Crippen LogP contribution in [0.1, 0.15) is 9.75 Å². The first-order chi connectivity index (χ1) is 12.1. The first-order valence-electron chi connectivity index (χ1n) is 7.65. The van der Waals surface area contributed by atoms with Crippen molar-refractivity contribution in [3.05, 3.63) is 39.4 Å². The predicted molar refractivity (Wildman–Crippen MR) is 88.8 cm³/mol. The lowest BCUT2D eigenvalue weighted by Gasteiger charge is -2.35.